The normalized spacial score (nSPS) is 14.1. The van der Waals surface area contributed by atoms with Crippen LogP contribution in [0.5, 0.6) is 0 Å². The summed E-state index contributed by atoms with van der Waals surface area (Å²) < 4.78 is 0. The first-order chi connectivity index (χ1) is 16.5. The highest BCUT2D eigenvalue weighted by atomic mass is 16.2. The number of benzene rings is 2. The first-order valence-electron chi connectivity index (χ1n) is 11.4. The Morgan fingerprint density at radius 2 is 1.47 bits per heavy atom. The third-order valence-electron chi connectivity index (χ3n) is 6.03. The lowest BCUT2D eigenvalue weighted by molar-refractivity contribution is -0.116. The highest BCUT2D eigenvalue weighted by Crippen LogP contribution is 2.30. The number of carbonyl (C=O) groups is 2. The van der Waals surface area contributed by atoms with Gasteiger partial charge in [0.2, 0.25) is 5.91 Å². The fraction of sp³-hybridized carbons (Fsp3) is 0.259. The van der Waals surface area contributed by atoms with Crippen LogP contribution in [0.15, 0.2) is 85.5 Å². The summed E-state index contributed by atoms with van der Waals surface area (Å²) >= 11 is 0. The van der Waals surface area contributed by atoms with Gasteiger partial charge >= 0.3 is 0 Å². The first kappa shape index (κ1) is 23.3. The number of rotatable bonds is 6. The van der Waals surface area contributed by atoms with Gasteiger partial charge in [0, 0.05) is 45.0 Å². The van der Waals surface area contributed by atoms with Gasteiger partial charge in [0.25, 0.3) is 5.91 Å². The highest BCUT2D eigenvalue weighted by Gasteiger charge is 2.31. The SMILES string of the molecule is C=C(C)N(C(C)=O)c1ncncc1C(=O)N1CCN(C(c2ccccc2)c2ccccc2)CC1. The molecule has 34 heavy (non-hydrogen) atoms. The second kappa shape index (κ2) is 10.4. The number of piperazine rings is 1. The number of hydrogen-bond donors (Lipinski definition) is 0. The number of anilines is 1. The van der Waals surface area contributed by atoms with Crippen molar-refractivity contribution < 1.29 is 9.59 Å². The van der Waals surface area contributed by atoms with E-state index in [-0.39, 0.29) is 23.7 Å². The Hall–Kier alpha value is -3.84. The summed E-state index contributed by atoms with van der Waals surface area (Å²) in [5.74, 6) is -0.161. The van der Waals surface area contributed by atoms with Gasteiger partial charge in [-0.2, -0.15) is 0 Å². The minimum atomic E-state index is -0.251. The molecule has 3 aromatic rings. The second-order valence-corrected chi connectivity index (χ2v) is 8.40. The van der Waals surface area contributed by atoms with Crippen LogP contribution >= 0.6 is 0 Å². The maximum absolute atomic E-state index is 13.4. The Bertz CT molecular complexity index is 1100. The molecule has 0 saturated carbocycles. The van der Waals surface area contributed by atoms with Crippen LogP contribution in [0.3, 0.4) is 0 Å². The van der Waals surface area contributed by atoms with Gasteiger partial charge in [0.15, 0.2) is 5.82 Å². The summed E-state index contributed by atoms with van der Waals surface area (Å²) in [6, 6.07) is 21.0. The van der Waals surface area contributed by atoms with Crippen LogP contribution in [0.1, 0.15) is 41.4 Å². The third kappa shape index (κ3) is 4.89. The molecule has 7 nitrogen and oxygen atoms in total. The number of hydrogen-bond acceptors (Lipinski definition) is 5. The lowest BCUT2D eigenvalue weighted by Gasteiger charge is -2.40. The minimum Gasteiger partial charge on any atom is -0.336 e. The Kier molecular flexibility index (Phi) is 7.13. The van der Waals surface area contributed by atoms with Crippen molar-refractivity contribution in [1.82, 2.24) is 19.8 Å². The smallest absolute Gasteiger partial charge is 0.259 e. The van der Waals surface area contributed by atoms with E-state index in [4.69, 9.17) is 0 Å². The highest BCUT2D eigenvalue weighted by molar-refractivity contribution is 6.04. The molecule has 2 heterocycles. The molecule has 0 unspecified atom stereocenters. The first-order valence-corrected chi connectivity index (χ1v) is 11.4. The van der Waals surface area contributed by atoms with Crippen LogP contribution in [0, 0.1) is 0 Å². The zero-order chi connectivity index (χ0) is 24.1. The largest absolute Gasteiger partial charge is 0.336 e. The van der Waals surface area contributed by atoms with E-state index in [1.807, 2.05) is 17.0 Å². The molecule has 0 atom stereocenters. The average molecular weight is 456 g/mol. The zero-order valence-electron chi connectivity index (χ0n) is 19.6. The van der Waals surface area contributed by atoms with Crippen molar-refractivity contribution in [2.24, 2.45) is 0 Å². The average Bonchev–Trinajstić information content (AvgIpc) is 2.85. The van der Waals surface area contributed by atoms with Crippen LogP contribution < -0.4 is 4.90 Å². The molecule has 2 aromatic carbocycles. The van der Waals surface area contributed by atoms with Crippen molar-refractivity contribution in [3.8, 4) is 0 Å². The van der Waals surface area contributed by atoms with Gasteiger partial charge in [-0.05, 0) is 18.1 Å². The molecule has 1 aliphatic rings. The molecule has 7 heteroatoms. The standard InChI is InChI=1S/C27H29N5O2/c1-20(2)32(21(3)33)26-24(18-28-19-29-26)27(34)31-16-14-30(15-17-31)25(22-10-6-4-7-11-22)23-12-8-5-9-13-23/h4-13,18-19,25H,1,14-17H2,2-3H3. The van der Waals surface area contributed by atoms with E-state index in [0.29, 0.717) is 24.4 Å². The maximum atomic E-state index is 13.4. The lowest BCUT2D eigenvalue weighted by atomic mass is 9.96. The number of carbonyl (C=O) groups excluding carboxylic acids is 2. The van der Waals surface area contributed by atoms with Gasteiger partial charge in [-0.25, -0.2) is 9.97 Å². The van der Waals surface area contributed by atoms with Crippen molar-refractivity contribution in [2.45, 2.75) is 19.9 Å². The van der Waals surface area contributed by atoms with Crippen molar-refractivity contribution in [1.29, 1.82) is 0 Å². The van der Waals surface area contributed by atoms with E-state index in [2.05, 4.69) is 70.0 Å². The molecule has 0 radical (unpaired) electrons. The summed E-state index contributed by atoms with van der Waals surface area (Å²) in [5.41, 5.74) is 3.26. The van der Waals surface area contributed by atoms with E-state index in [1.165, 1.54) is 35.5 Å². The topological polar surface area (TPSA) is 69.6 Å². The third-order valence-corrected chi connectivity index (χ3v) is 6.03. The molecule has 4 rings (SSSR count). The summed E-state index contributed by atoms with van der Waals surface area (Å²) in [6.07, 6.45) is 2.82. The van der Waals surface area contributed by atoms with Crippen molar-refractivity contribution in [2.75, 3.05) is 31.1 Å². The molecule has 0 spiro atoms. The van der Waals surface area contributed by atoms with Crippen molar-refractivity contribution in [3.63, 3.8) is 0 Å². The molecular weight excluding hydrogens is 426 g/mol. The Morgan fingerprint density at radius 1 is 0.912 bits per heavy atom. The van der Waals surface area contributed by atoms with Crippen molar-refractivity contribution in [3.05, 3.63) is 102 Å². The molecule has 1 aromatic heterocycles. The van der Waals surface area contributed by atoms with Crippen LogP contribution in [0.4, 0.5) is 5.82 Å². The molecule has 0 aliphatic carbocycles. The van der Waals surface area contributed by atoms with Gasteiger partial charge in [-0.3, -0.25) is 19.4 Å². The van der Waals surface area contributed by atoms with E-state index in [1.54, 1.807) is 6.92 Å². The number of nitrogens with zero attached hydrogens (tertiary/aromatic N) is 5. The molecule has 1 fully saturated rings. The molecule has 0 bridgehead atoms. The van der Waals surface area contributed by atoms with Gasteiger partial charge in [0.1, 0.15) is 11.9 Å². The Morgan fingerprint density at radius 3 is 1.97 bits per heavy atom. The molecule has 1 aliphatic heterocycles. The summed E-state index contributed by atoms with van der Waals surface area (Å²) in [6.45, 7) is 9.58. The number of allylic oxidation sites excluding steroid dienone is 1. The van der Waals surface area contributed by atoms with Gasteiger partial charge < -0.3 is 4.90 Å². The summed E-state index contributed by atoms with van der Waals surface area (Å²) in [5, 5.41) is 0. The maximum Gasteiger partial charge on any atom is 0.259 e. The second-order valence-electron chi connectivity index (χ2n) is 8.40. The summed E-state index contributed by atoms with van der Waals surface area (Å²) in [7, 11) is 0. The summed E-state index contributed by atoms with van der Waals surface area (Å²) in [4.78, 5) is 39.5. The minimum absolute atomic E-state index is 0.117. The van der Waals surface area contributed by atoms with Crippen LogP contribution in [-0.2, 0) is 4.79 Å². The molecule has 2 amide bonds. The molecule has 174 valence electrons. The fourth-order valence-corrected chi connectivity index (χ4v) is 4.49. The zero-order valence-corrected chi connectivity index (χ0v) is 19.6. The van der Waals surface area contributed by atoms with Crippen LogP contribution in [-0.4, -0.2) is 57.8 Å². The van der Waals surface area contributed by atoms with E-state index in [9.17, 15) is 9.59 Å². The van der Waals surface area contributed by atoms with Crippen LogP contribution in [0.2, 0.25) is 0 Å². The predicted molar refractivity (Wildman–Crippen MR) is 132 cm³/mol. The number of aromatic nitrogens is 2. The van der Waals surface area contributed by atoms with Gasteiger partial charge in [-0.15, -0.1) is 0 Å². The molecule has 0 N–H and O–H groups in total. The Labute approximate surface area is 200 Å². The quantitative estimate of drug-likeness (QED) is 0.564. The lowest BCUT2D eigenvalue weighted by Crippen LogP contribution is -2.50. The fourth-order valence-electron chi connectivity index (χ4n) is 4.49. The van der Waals surface area contributed by atoms with E-state index in [0.717, 1.165) is 13.1 Å². The van der Waals surface area contributed by atoms with Gasteiger partial charge in [0.05, 0.1) is 6.04 Å². The molecule has 1 saturated heterocycles. The predicted octanol–water partition coefficient (Wildman–Crippen LogP) is 3.91. The number of amides is 2. The van der Waals surface area contributed by atoms with Crippen molar-refractivity contribution >= 4 is 17.6 Å². The van der Waals surface area contributed by atoms with E-state index >= 15 is 0 Å². The Balaban J connectivity index is 1.55. The van der Waals surface area contributed by atoms with Crippen LogP contribution in [0.25, 0.3) is 0 Å². The molecular formula is C27H29N5O2. The monoisotopic (exact) mass is 455 g/mol. The van der Waals surface area contributed by atoms with Gasteiger partial charge in [-0.1, -0.05) is 67.2 Å². The van der Waals surface area contributed by atoms with E-state index < -0.39 is 0 Å².